The Hall–Kier alpha value is -0.380. The maximum absolute atomic E-state index is 5.18. The summed E-state index contributed by atoms with van der Waals surface area (Å²) in [6, 6.07) is 10.1. The molecular weight excluding hydrogens is 278 g/mol. The topological polar surface area (TPSA) is 21.3 Å². The molecule has 0 saturated carbocycles. The first kappa shape index (κ1) is 15.0. The lowest BCUT2D eigenvalue weighted by Gasteiger charge is -2.28. The highest BCUT2D eigenvalue weighted by Gasteiger charge is 2.33. The van der Waals surface area contributed by atoms with Gasteiger partial charge in [-0.25, -0.2) is 0 Å². The maximum Gasteiger partial charge on any atom is 0.118 e. The second-order valence-electron chi connectivity index (χ2n) is 5.39. The van der Waals surface area contributed by atoms with Gasteiger partial charge in [0.25, 0.3) is 0 Å². The minimum Gasteiger partial charge on any atom is -0.497 e. The van der Waals surface area contributed by atoms with Gasteiger partial charge in [-0.2, -0.15) is 11.8 Å². The Morgan fingerprint density at radius 3 is 2.37 bits per heavy atom. The molecule has 106 valence electrons. The third kappa shape index (κ3) is 3.80. The SMILES string of the molecule is COc1ccc(CS[C@H]2C[C@H]3CC[C@@H](C2)N3)cc1.Cl. The van der Waals surface area contributed by atoms with Crippen molar-refractivity contribution in [2.24, 2.45) is 0 Å². The molecule has 3 atom stereocenters. The van der Waals surface area contributed by atoms with Gasteiger partial charge in [0.2, 0.25) is 0 Å². The molecule has 0 radical (unpaired) electrons. The average molecular weight is 300 g/mol. The average Bonchev–Trinajstić information content (AvgIpc) is 2.76. The molecule has 0 aliphatic carbocycles. The molecule has 1 aromatic rings. The zero-order chi connectivity index (χ0) is 12.4. The lowest BCUT2D eigenvalue weighted by atomic mass is 10.1. The normalized spacial score (nSPS) is 28.8. The summed E-state index contributed by atoms with van der Waals surface area (Å²) in [5.41, 5.74) is 1.41. The van der Waals surface area contributed by atoms with E-state index in [4.69, 9.17) is 4.74 Å². The predicted molar refractivity (Wildman–Crippen MR) is 84.5 cm³/mol. The van der Waals surface area contributed by atoms with E-state index >= 15 is 0 Å². The van der Waals surface area contributed by atoms with Crippen molar-refractivity contribution in [1.29, 1.82) is 0 Å². The molecular formula is C15H22ClNOS. The van der Waals surface area contributed by atoms with Gasteiger partial charge in [-0.3, -0.25) is 0 Å². The fraction of sp³-hybridized carbons (Fsp3) is 0.600. The number of rotatable bonds is 4. The highest BCUT2D eigenvalue weighted by molar-refractivity contribution is 7.99. The van der Waals surface area contributed by atoms with Crippen molar-refractivity contribution in [2.45, 2.75) is 48.8 Å². The van der Waals surface area contributed by atoms with Gasteiger partial charge in [-0.15, -0.1) is 12.4 Å². The largest absolute Gasteiger partial charge is 0.497 e. The molecule has 0 amide bonds. The molecule has 2 aliphatic heterocycles. The van der Waals surface area contributed by atoms with Crippen LogP contribution in [0.1, 0.15) is 31.2 Å². The van der Waals surface area contributed by atoms with E-state index in [-0.39, 0.29) is 12.4 Å². The van der Waals surface area contributed by atoms with Crippen molar-refractivity contribution in [1.82, 2.24) is 5.32 Å². The summed E-state index contributed by atoms with van der Waals surface area (Å²) in [7, 11) is 1.72. The number of methoxy groups -OCH3 is 1. The quantitative estimate of drug-likeness (QED) is 0.917. The molecule has 2 fully saturated rings. The van der Waals surface area contributed by atoms with E-state index in [1.807, 2.05) is 0 Å². The highest BCUT2D eigenvalue weighted by atomic mass is 35.5. The number of fused-ring (bicyclic) bond motifs is 2. The van der Waals surface area contributed by atoms with E-state index in [2.05, 4.69) is 41.3 Å². The lowest BCUT2D eigenvalue weighted by molar-refractivity contribution is 0.414. The second-order valence-corrected chi connectivity index (χ2v) is 6.68. The first-order valence-corrected chi connectivity index (χ1v) is 7.89. The van der Waals surface area contributed by atoms with Crippen LogP contribution in [0.3, 0.4) is 0 Å². The minimum atomic E-state index is 0. The van der Waals surface area contributed by atoms with Gasteiger partial charge in [0.15, 0.2) is 0 Å². The van der Waals surface area contributed by atoms with E-state index in [9.17, 15) is 0 Å². The van der Waals surface area contributed by atoms with E-state index < -0.39 is 0 Å². The second kappa shape index (κ2) is 6.87. The molecule has 2 saturated heterocycles. The number of benzene rings is 1. The molecule has 2 bridgehead atoms. The summed E-state index contributed by atoms with van der Waals surface area (Å²) in [6.45, 7) is 0. The van der Waals surface area contributed by atoms with Gasteiger partial charge < -0.3 is 10.1 Å². The molecule has 1 aromatic carbocycles. The molecule has 0 unspecified atom stereocenters. The molecule has 0 aromatic heterocycles. The zero-order valence-electron chi connectivity index (χ0n) is 11.3. The maximum atomic E-state index is 5.18. The van der Waals surface area contributed by atoms with Crippen LogP contribution in [-0.4, -0.2) is 24.4 Å². The van der Waals surface area contributed by atoms with Crippen LogP contribution in [0, 0.1) is 0 Å². The number of hydrogen-bond acceptors (Lipinski definition) is 3. The summed E-state index contributed by atoms with van der Waals surface area (Å²) in [5, 5.41) is 4.56. The standard InChI is InChI=1S/C15H21NOS.ClH/c1-17-14-6-2-11(3-7-14)10-18-15-8-12-4-5-13(9-15)16-12;/h2-3,6-7,12-13,15-16H,4-5,8-10H2,1H3;1H/t12-,13+,15+;. The van der Waals surface area contributed by atoms with Gasteiger partial charge >= 0.3 is 0 Å². The molecule has 2 heterocycles. The van der Waals surface area contributed by atoms with Crippen molar-refractivity contribution < 1.29 is 4.74 Å². The fourth-order valence-electron chi connectivity index (χ4n) is 3.08. The molecule has 1 N–H and O–H groups in total. The minimum absolute atomic E-state index is 0. The van der Waals surface area contributed by atoms with Crippen LogP contribution in [-0.2, 0) is 5.75 Å². The van der Waals surface area contributed by atoms with E-state index in [1.54, 1.807) is 7.11 Å². The molecule has 3 rings (SSSR count). The number of thioether (sulfide) groups is 1. The van der Waals surface area contributed by atoms with Gasteiger partial charge in [-0.1, -0.05) is 12.1 Å². The Morgan fingerprint density at radius 2 is 1.79 bits per heavy atom. The van der Waals surface area contributed by atoms with Crippen LogP contribution in [0.4, 0.5) is 0 Å². The summed E-state index contributed by atoms with van der Waals surface area (Å²) in [4.78, 5) is 0. The lowest BCUT2D eigenvalue weighted by Crippen LogP contribution is -2.39. The monoisotopic (exact) mass is 299 g/mol. The summed E-state index contributed by atoms with van der Waals surface area (Å²) in [6.07, 6.45) is 5.50. The third-order valence-electron chi connectivity index (χ3n) is 4.07. The first-order valence-electron chi connectivity index (χ1n) is 6.84. The number of nitrogens with one attached hydrogen (secondary N) is 1. The van der Waals surface area contributed by atoms with Gasteiger partial charge in [0.05, 0.1) is 7.11 Å². The van der Waals surface area contributed by atoms with Crippen molar-refractivity contribution >= 4 is 24.2 Å². The zero-order valence-corrected chi connectivity index (χ0v) is 12.9. The van der Waals surface area contributed by atoms with Crippen molar-refractivity contribution in [3.8, 4) is 5.75 Å². The predicted octanol–water partition coefficient (Wildman–Crippen LogP) is 3.63. The van der Waals surface area contributed by atoms with Gasteiger partial charge in [0.1, 0.15) is 5.75 Å². The van der Waals surface area contributed by atoms with Crippen LogP contribution in [0.5, 0.6) is 5.75 Å². The Labute approximate surface area is 126 Å². The third-order valence-corrected chi connectivity index (χ3v) is 5.43. The Morgan fingerprint density at radius 1 is 1.16 bits per heavy atom. The van der Waals surface area contributed by atoms with Crippen LogP contribution in [0.25, 0.3) is 0 Å². The van der Waals surface area contributed by atoms with Crippen LogP contribution < -0.4 is 10.1 Å². The summed E-state index contributed by atoms with van der Waals surface area (Å²) in [5.74, 6) is 2.08. The smallest absolute Gasteiger partial charge is 0.118 e. The molecule has 4 heteroatoms. The van der Waals surface area contributed by atoms with E-state index in [0.29, 0.717) is 0 Å². The van der Waals surface area contributed by atoms with Crippen LogP contribution >= 0.6 is 24.2 Å². The molecule has 0 spiro atoms. The molecule has 2 aliphatic rings. The van der Waals surface area contributed by atoms with Gasteiger partial charge in [-0.05, 0) is 43.4 Å². The van der Waals surface area contributed by atoms with E-state index in [1.165, 1.54) is 31.2 Å². The van der Waals surface area contributed by atoms with Crippen molar-refractivity contribution in [3.05, 3.63) is 29.8 Å². The summed E-state index contributed by atoms with van der Waals surface area (Å²) < 4.78 is 5.18. The Kier molecular flexibility index (Phi) is 5.43. The highest BCUT2D eigenvalue weighted by Crippen LogP contribution is 2.35. The molecule has 19 heavy (non-hydrogen) atoms. The number of ether oxygens (including phenoxy) is 1. The number of piperidine rings is 1. The van der Waals surface area contributed by atoms with Crippen molar-refractivity contribution in [2.75, 3.05) is 7.11 Å². The van der Waals surface area contributed by atoms with Crippen molar-refractivity contribution in [3.63, 3.8) is 0 Å². The number of halogens is 1. The van der Waals surface area contributed by atoms with E-state index in [0.717, 1.165) is 28.8 Å². The fourth-order valence-corrected chi connectivity index (χ4v) is 4.43. The first-order chi connectivity index (χ1) is 8.83. The van der Waals surface area contributed by atoms with Gasteiger partial charge in [0, 0.05) is 23.1 Å². The Bertz CT molecular complexity index is 386. The van der Waals surface area contributed by atoms with Crippen LogP contribution in [0.15, 0.2) is 24.3 Å². The summed E-state index contributed by atoms with van der Waals surface area (Å²) >= 11 is 2.13. The molecule has 2 nitrogen and oxygen atoms in total. The van der Waals surface area contributed by atoms with Crippen LogP contribution in [0.2, 0.25) is 0 Å². The Balaban J connectivity index is 0.00000133. The number of hydrogen-bond donors (Lipinski definition) is 1.